The molecule has 0 unspecified atom stereocenters. The zero-order valence-electron chi connectivity index (χ0n) is 12.2. The Morgan fingerprint density at radius 3 is 2.37 bits per heavy atom. The van der Waals surface area contributed by atoms with Gasteiger partial charge in [0.2, 0.25) is 0 Å². The first-order chi connectivity index (χ1) is 8.84. The number of hydrogen-bond donors (Lipinski definition) is 2. The predicted octanol–water partition coefficient (Wildman–Crippen LogP) is 3.27. The van der Waals surface area contributed by atoms with Gasteiger partial charge in [-0.25, -0.2) is 0 Å². The summed E-state index contributed by atoms with van der Waals surface area (Å²) in [7, 11) is 1.70. The van der Waals surface area contributed by atoms with Crippen LogP contribution in [0.4, 0.5) is 5.82 Å². The lowest BCUT2D eigenvalue weighted by molar-refractivity contribution is 0.397. The molecule has 19 heavy (non-hydrogen) atoms. The maximum atomic E-state index is 5.92. The molecule has 0 aliphatic heterocycles. The van der Waals surface area contributed by atoms with Crippen LogP contribution in [0, 0.1) is 6.92 Å². The molecule has 0 spiro atoms. The highest BCUT2D eigenvalue weighted by molar-refractivity contribution is 5.77. The molecule has 1 heterocycles. The number of aryl methyl sites for hydroxylation is 1. The number of nitrogens with one attached hydrogen (secondary N) is 1. The van der Waals surface area contributed by atoms with E-state index >= 15 is 0 Å². The Bertz CT molecular complexity index is 594. The van der Waals surface area contributed by atoms with E-state index in [-0.39, 0.29) is 5.41 Å². The lowest BCUT2D eigenvalue weighted by atomic mass is 9.83. The van der Waals surface area contributed by atoms with E-state index in [1.165, 1.54) is 0 Å². The molecule has 2 aromatic rings. The van der Waals surface area contributed by atoms with Crippen molar-refractivity contribution in [3.05, 3.63) is 29.5 Å². The molecule has 0 radical (unpaired) electrons. The largest absolute Gasteiger partial charge is 0.496 e. The van der Waals surface area contributed by atoms with Crippen molar-refractivity contribution in [2.24, 2.45) is 0 Å². The normalized spacial score (nSPS) is 11.6. The second-order valence-electron chi connectivity index (χ2n) is 5.81. The molecule has 1 aromatic carbocycles. The van der Waals surface area contributed by atoms with Gasteiger partial charge in [-0.3, -0.25) is 5.10 Å². The van der Waals surface area contributed by atoms with Gasteiger partial charge < -0.3 is 10.5 Å². The molecule has 2 rings (SSSR count). The Kier molecular flexibility index (Phi) is 3.27. The van der Waals surface area contributed by atoms with Gasteiger partial charge in [0.25, 0.3) is 0 Å². The van der Waals surface area contributed by atoms with Crippen molar-refractivity contribution in [3.63, 3.8) is 0 Å². The summed E-state index contributed by atoms with van der Waals surface area (Å²) in [6.07, 6.45) is 1.76. The van der Waals surface area contributed by atoms with Gasteiger partial charge in [0.15, 0.2) is 0 Å². The van der Waals surface area contributed by atoms with Crippen molar-refractivity contribution >= 4 is 5.82 Å². The number of hydrogen-bond acceptors (Lipinski definition) is 3. The van der Waals surface area contributed by atoms with Gasteiger partial charge >= 0.3 is 0 Å². The number of nitrogens with two attached hydrogens (primary N) is 1. The number of aromatic nitrogens is 2. The number of aromatic amines is 1. The molecule has 4 heteroatoms. The van der Waals surface area contributed by atoms with Crippen LogP contribution in [-0.4, -0.2) is 17.3 Å². The number of anilines is 1. The van der Waals surface area contributed by atoms with E-state index in [1.807, 2.05) is 0 Å². The Balaban J connectivity index is 2.68. The van der Waals surface area contributed by atoms with Crippen LogP contribution in [0.2, 0.25) is 0 Å². The second kappa shape index (κ2) is 4.61. The molecule has 0 saturated heterocycles. The molecule has 0 atom stereocenters. The van der Waals surface area contributed by atoms with E-state index < -0.39 is 0 Å². The van der Waals surface area contributed by atoms with E-state index in [1.54, 1.807) is 13.3 Å². The molecule has 0 bridgehead atoms. The van der Waals surface area contributed by atoms with Gasteiger partial charge in [-0.05, 0) is 35.6 Å². The van der Waals surface area contributed by atoms with Gasteiger partial charge in [-0.1, -0.05) is 20.8 Å². The molecule has 0 aliphatic carbocycles. The van der Waals surface area contributed by atoms with Gasteiger partial charge in [-0.15, -0.1) is 0 Å². The molecule has 4 nitrogen and oxygen atoms in total. The number of nitrogen functional groups attached to an aromatic ring is 1. The molecule has 0 fully saturated rings. The van der Waals surface area contributed by atoms with Gasteiger partial charge in [0.1, 0.15) is 11.6 Å². The lowest BCUT2D eigenvalue weighted by Gasteiger charge is -2.24. The first kappa shape index (κ1) is 13.5. The standard InChI is InChI=1S/C15H21N3O/c1-9-6-13(19-5)12(15(2,3)4)7-10(9)11-8-17-18-14(11)16/h6-8H,1-5H3,(H3,16,17,18). The van der Waals surface area contributed by atoms with E-state index in [4.69, 9.17) is 10.5 Å². The molecular formula is C15H21N3O. The SMILES string of the molecule is COc1cc(C)c(-c2cn[nH]c2N)cc1C(C)(C)C. The summed E-state index contributed by atoms with van der Waals surface area (Å²) < 4.78 is 5.50. The summed E-state index contributed by atoms with van der Waals surface area (Å²) in [5.74, 6) is 1.50. The fourth-order valence-electron chi connectivity index (χ4n) is 2.24. The smallest absolute Gasteiger partial charge is 0.126 e. The van der Waals surface area contributed by atoms with Crippen molar-refractivity contribution in [2.75, 3.05) is 12.8 Å². The minimum atomic E-state index is 0.00624. The molecule has 3 N–H and O–H groups in total. The number of methoxy groups -OCH3 is 1. The summed E-state index contributed by atoms with van der Waals surface area (Å²) in [4.78, 5) is 0. The third-order valence-corrected chi connectivity index (χ3v) is 3.31. The van der Waals surface area contributed by atoms with Crippen LogP contribution < -0.4 is 10.5 Å². The summed E-state index contributed by atoms with van der Waals surface area (Å²) in [6.45, 7) is 8.56. The summed E-state index contributed by atoms with van der Waals surface area (Å²) in [6, 6.07) is 4.21. The summed E-state index contributed by atoms with van der Waals surface area (Å²) in [5, 5.41) is 6.77. The van der Waals surface area contributed by atoms with Crippen molar-refractivity contribution in [2.45, 2.75) is 33.1 Å². The first-order valence-electron chi connectivity index (χ1n) is 6.33. The zero-order valence-corrected chi connectivity index (χ0v) is 12.2. The zero-order chi connectivity index (χ0) is 14.2. The maximum absolute atomic E-state index is 5.92. The van der Waals surface area contributed by atoms with Crippen molar-refractivity contribution in [1.29, 1.82) is 0 Å². The first-order valence-corrected chi connectivity index (χ1v) is 6.33. The van der Waals surface area contributed by atoms with Crippen molar-refractivity contribution in [3.8, 4) is 16.9 Å². The Morgan fingerprint density at radius 2 is 1.89 bits per heavy atom. The number of benzene rings is 1. The van der Waals surface area contributed by atoms with Crippen molar-refractivity contribution < 1.29 is 4.74 Å². The summed E-state index contributed by atoms with van der Waals surface area (Å²) >= 11 is 0. The number of rotatable bonds is 2. The highest BCUT2D eigenvalue weighted by atomic mass is 16.5. The van der Waals surface area contributed by atoms with E-state index in [9.17, 15) is 0 Å². The molecular weight excluding hydrogens is 238 g/mol. The monoisotopic (exact) mass is 259 g/mol. The number of ether oxygens (including phenoxy) is 1. The molecule has 0 amide bonds. The molecule has 1 aromatic heterocycles. The minimum absolute atomic E-state index is 0.00624. The van der Waals surface area contributed by atoms with E-state index in [0.717, 1.165) is 28.0 Å². The Morgan fingerprint density at radius 1 is 1.21 bits per heavy atom. The predicted molar refractivity (Wildman–Crippen MR) is 78.4 cm³/mol. The highest BCUT2D eigenvalue weighted by Gasteiger charge is 2.21. The average molecular weight is 259 g/mol. The minimum Gasteiger partial charge on any atom is -0.496 e. The van der Waals surface area contributed by atoms with Crippen LogP contribution in [0.25, 0.3) is 11.1 Å². The Labute approximate surface area is 114 Å². The Hall–Kier alpha value is -1.97. The van der Waals surface area contributed by atoms with Gasteiger partial charge in [-0.2, -0.15) is 5.10 Å². The second-order valence-corrected chi connectivity index (χ2v) is 5.81. The third-order valence-electron chi connectivity index (χ3n) is 3.31. The molecule has 0 aliphatic rings. The van der Waals surface area contributed by atoms with Crippen molar-refractivity contribution in [1.82, 2.24) is 10.2 Å². The van der Waals surface area contributed by atoms with Crippen LogP contribution >= 0.6 is 0 Å². The fraction of sp³-hybridized carbons (Fsp3) is 0.400. The highest BCUT2D eigenvalue weighted by Crippen LogP contribution is 2.38. The van der Waals surface area contributed by atoms with Crippen LogP contribution in [0.5, 0.6) is 5.75 Å². The maximum Gasteiger partial charge on any atom is 0.126 e. The van der Waals surface area contributed by atoms with Crippen LogP contribution in [-0.2, 0) is 5.41 Å². The van der Waals surface area contributed by atoms with E-state index in [0.29, 0.717) is 5.82 Å². The quantitative estimate of drug-likeness (QED) is 0.870. The van der Waals surface area contributed by atoms with Gasteiger partial charge in [0.05, 0.1) is 13.3 Å². The number of H-pyrrole nitrogens is 1. The fourth-order valence-corrected chi connectivity index (χ4v) is 2.24. The molecule has 0 saturated carbocycles. The average Bonchev–Trinajstić information content (AvgIpc) is 2.73. The third kappa shape index (κ3) is 2.43. The number of nitrogens with zero attached hydrogens (tertiary/aromatic N) is 1. The van der Waals surface area contributed by atoms with Gasteiger partial charge in [0, 0.05) is 11.1 Å². The van der Waals surface area contributed by atoms with Crippen LogP contribution in [0.15, 0.2) is 18.3 Å². The van der Waals surface area contributed by atoms with Crippen LogP contribution in [0.3, 0.4) is 0 Å². The van der Waals surface area contributed by atoms with Crippen LogP contribution in [0.1, 0.15) is 31.9 Å². The topological polar surface area (TPSA) is 63.9 Å². The lowest BCUT2D eigenvalue weighted by Crippen LogP contribution is -2.13. The molecule has 102 valence electrons. The summed E-state index contributed by atoms with van der Waals surface area (Å²) in [5.41, 5.74) is 10.2. The van der Waals surface area contributed by atoms with E-state index in [2.05, 4.69) is 50.0 Å².